The van der Waals surface area contributed by atoms with Crippen molar-refractivity contribution in [1.82, 2.24) is 25.8 Å². The van der Waals surface area contributed by atoms with Crippen LogP contribution in [0.4, 0.5) is 0 Å². The zero-order valence-corrected chi connectivity index (χ0v) is 26.9. The first kappa shape index (κ1) is 36.9. The Balaban J connectivity index is 1.38. The fourth-order valence-corrected chi connectivity index (χ4v) is 4.42. The minimum atomic E-state index is -0.125. The Morgan fingerprint density at radius 2 is 1.43 bits per heavy atom. The summed E-state index contributed by atoms with van der Waals surface area (Å²) in [6.07, 6.45) is 31.7. The maximum Gasteiger partial charge on any atom is 0.252 e. The molecular formula is C36H55N5O3. The lowest BCUT2D eigenvalue weighted by atomic mass is 10.2. The monoisotopic (exact) mass is 605 g/mol. The fourth-order valence-electron chi connectivity index (χ4n) is 4.42. The molecule has 2 heterocycles. The van der Waals surface area contributed by atoms with Crippen molar-refractivity contribution in [3.8, 4) is 0 Å². The second-order valence-electron chi connectivity index (χ2n) is 10.7. The number of hydrogen-bond acceptors (Lipinski definition) is 6. The van der Waals surface area contributed by atoms with Gasteiger partial charge in [0.2, 0.25) is 5.91 Å². The van der Waals surface area contributed by atoms with Crippen molar-refractivity contribution in [3.05, 3.63) is 90.3 Å². The van der Waals surface area contributed by atoms with Crippen molar-refractivity contribution in [2.45, 2.75) is 64.7 Å². The first-order valence-electron chi connectivity index (χ1n) is 16.4. The Morgan fingerprint density at radius 1 is 0.818 bits per heavy atom. The molecule has 0 atom stereocenters. The van der Waals surface area contributed by atoms with Gasteiger partial charge in [-0.15, -0.1) is 0 Å². The molecule has 8 nitrogen and oxygen atoms in total. The van der Waals surface area contributed by atoms with Gasteiger partial charge in [-0.1, -0.05) is 67.7 Å². The summed E-state index contributed by atoms with van der Waals surface area (Å²) in [5.41, 5.74) is 1.56. The minimum absolute atomic E-state index is 0.0772. The number of rotatable bonds is 23. The van der Waals surface area contributed by atoms with E-state index in [2.05, 4.69) is 93.5 Å². The number of amides is 2. The maximum atomic E-state index is 12.4. The average Bonchev–Trinajstić information content (AvgIpc) is 3.05. The molecule has 1 aromatic rings. The van der Waals surface area contributed by atoms with Gasteiger partial charge in [0, 0.05) is 70.5 Å². The molecule has 44 heavy (non-hydrogen) atoms. The Labute approximate surface area is 265 Å². The number of ether oxygens (including phenoxy) is 1. The van der Waals surface area contributed by atoms with Crippen molar-refractivity contribution in [1.29, 1.82) is 0 Å². The predicted molar refractivity (Wildman–Crippen MR) is 182 cm³/mol. The van der Waals surface area contributed by atoms with E-state index in [9.17, 15) is 9.59 Å². The van der Waals surface area contributed by atoms with E-state index in [4.69, 9.17) is 4.74 Å². The summed E-state index contributed by atoms with van der Waals surface area (Å²) < 4.78 is 5.38. The van der Waals surface area contributed by atoms with Gasteiger partial charge in [0.25, 0.3) is 5.91 Å². The second kappa shape index (κ2) is 26.1. The molecule has 1 fully saturated rings. The SMILES string of the molecule is CC/C=C\C/C=C\C/C=C\C/C=C\C/C=C\CCCC(=O)NCCNCCNC(=O)c1ccc(CCN2CCOCC2)nc1. The molecule has 0 spiro atoms. The number of pyridine rings is 1. The molecular weight excluding hydrogens is 550 g/mol. The Morgan fingerprint density at radius 3 is 2.05 bits per heavy atom. The van der Waals surface area contributed by atoms with Gasteiger partial charge >= 0.3 is 0 Å². The highest BCUT2D eigenvalue weighted by Gasteiger charge is 2.11. The van der Waals surface area contributed by atoms with E-state index >= 15 is 0 Å². The Hall–Kier alpha value is -3.33. The summed E-state index contributed by atoms with van der Waals surface area (Å²) in [6.45, 7) is 9.01. The van der Waals surface area contributed by atoms with Gasteiger partial charge in [-0.05, 0) is 57.1 Å². The van der Waals surface area contributed by atoms with Crippen LogP contribution in [0.3, 0.4) is 0 Å². The Kier molecular flexibility index (Phi) is 21.9. The second-order valence-corrected chi connectivity index (χ2v) is 10.7. The van der Waals surface area contributed by atoms with Gasteiger partial charge in [-0.3, -0.25) is 19.5 Å². The van der Waals surface area contributed by atoms with E-state index in [1.54, 1.807) is 6.20 Å². The van der Waals surface area contributed by atoms with Crippen LogP contribution in [0.5, 0.6) is 0 Å². The van der Waals surface area contributed by atoms with Crippen molar-refractivity contribution < 1.29 is 14.3 Å². The van der Waals surface area contributed by atoms with Gasteiger partial charge in [0.05, 0.1) is 18.8 Å². The minimum Gasteiger partial charge on any atom is -0.379 e. The van der Waals surface area contributed by atoms with E-state index in [1.165, 1.54) is 0 Å². The molecule has 0 aliphatic carbocycles. The van der Waals surface area contributed by atoms with E-state index in [0.717, 1.165) is 89.9 Å². The molecule has 1 aromatic heterocycles. The zero-order chi connectivity index (χ0) is 31.3. The molecule has 1 aliphatic heterocycles. The van der Waals surface area contributed by atoms with Gasteiger partial charge in [0.1, 0.15) is 0 Å². The van der Waals surface area contributed by atoms with Gasteiger partial charge in [0.15, 0.2) is 0 Å². The number of nitrogens with one attached hydrogen (secondary N) is 3. The first-order valence-corrected chi connectivity index (χ1v) is 16.4. The number of morpholine rings is 1. The third-order valence-electron chi connectivity index (χ3n) is 7.02. The van der Waals surface area contributed by atoms with Gasteiger partial charge in [-0.25, -0.2) is 0 Å². The molecule has 1 aliphatic rings. The molecule has 0 unspecified atom stereocenters. The number of carbonyl (C=O) groups excluding carboxylic acids is 2. The third-order valence-corrected chi connectivity index (χ3v) is 7.02. The van der Waals surface area contributed by atoms with Crippen LogP contribution < -0.4 is 16.0 Å². The standard InChI is InChI=1S/C36H55N5O3/c1-2-3-4-5-6-7-8-9-10-11-12-13-14-15-16-17-18-19-35(42)38-25-23-37-24-26-39-36(43)33-20-21-34(40-32-33)22-27-41-28-30-44-31-29-41/h3-4,6-7,9-10,12-13,15-16,20-21,32,37H,2,5,8,11,14,17-19,22-31H2,1H3,(H,38,42)(H,39,43)/b4-3-,7-6-,10-9-,13-12-,16-15-. The number of nitrogens with zero attached hydrogens (tertiary/aromatic N) is 2. The first-order chi connectivity index (χ1) is 21.7. The fraction of sp³-hybridized carbons (Fsp3) is 0.528. The van der Waals surface area contributed by atoms with E-state index in [-0.39, 0.29) is 11.8 Å². The van der Waals surface area contributed by atoms with Crippen LogP contribution >= 0.6 is 0 Å². The molecule has 8 heteroatoms. The van der Waals surface area contributed by atoms with E-state index < -0.39 is 0 Å². The molecule has 0 bridgehead atoms. The topological polar surface area (TPSA) is 95.6 Å². The highest BCUT2D eigenvalue weighted by atomic mass is 16.5. The van der Waals surface area contributed by atoms with Crippen molar-refractivity contribution >= 4 is 11.8 Å². The summed E-state index contributed by atoms with van der Waals surface area (Å²) in [5, 5.41) is 9.10. The molecule has 2 rings (SSSR count). The lowest BCUT2D eigenvalue weighted by molar-refractivity contribution is -0.121. The largest absolute Gasteiger partial charge is 0.379 e. The van der Waals surface area contributed by atoms with Crippen LogP contribution in [0.1, 0.15) is 74.3 Å². The highest BCUT2D eigenvalue weighted by molar-refractivity contribution is 5.93. The third kappa shape index (κ3) is 19.8. The maximum absolute atomic E-state index is 12.4. The normalized spacial score (nSPS) is 14.6. The molecule has 242 valence electrons. The van der Waals surface area contributed by atoms with Crippen LogP contribution in [0.15, 0.2) is 79.1 Å². The smallest absolute Gasteiger partial charge is 0.252 e. The van der Waals surface area contributed by atoms with E-state index in [1.807, 2.05) is 12.1 Å². The Bertz CT molecular complexity index is 1040. The van der Waals surface area contributed by atoms with Gasteiger partial charge < -0.3 is 20.7 Å². The number of unbranched alkanes of at least 4 members (excludes halogenated alkanes) is 1. The molecule has 0 aromatic carbocycles. The van der Waals surface area contributed by atoms with Crippen LogP contribution in [-0.2, 0) is 16.0 Å². The van der Waals surface area contributed by atoms with Crippen molar-refractivity contribution in [2.24, 2.45) is 0 Å². The van der Waals surface area contributed by atoms with Crippen LogP contribution in [0.2, 0.25) is 0 Å². The zero-order valence-electron chi connectivity index (χ0n) is 26.9. The summed E-state index contributed by atoms with van der Waals surface area (Å²) in [4.78, 5) is 31.2. The number of aromatic nitrogens is 1. The number of carbonyl (C=O) groups is 2. The molecule has 3 N–H and O–H groups in total. The van der Waals surface area contributed by atoms with Crippen molar-refractivity contribution in [3.63, 3.8) is 0 Å². The average molecular weight is 606 g/mol. The predicted octanol–water partition coefficient (Wildman–Crippen LogP) is 5.31. The number of allylic oxidation sites excluding steroid dienone is 10. The summed E-state index contributed by atoms with van der Waals surface area (Å²) >= 11 is 0. The van der Waals surface area contributed by atoms with Crippen LogP contribution in [-0.4, -0.2) is 80.7 Å². The number of hydrogen-bond donors (Lipinski definition) is 3. The lowest BCUT2D eigenvalue weighted by Crippen LogP contribution is -2.37. The summed E-state index contributed by atoms with van der Waals surface area (Å²) in [7, 11) is 0. The summed E-state index contributed by atoms with van der Waals surface area (Å²) in [5.74, 6) is -0.0480. The van der Waals surface area contributed by atoms with Crippen molar-refractivity contribution in [2.75, 3.05) is 59.0 Å². The summed E-state index contributed by atoms with van der Waals surface area (Å²) in [6, 6.07) is 3.77. The van der Waals surface area contributed by atoms with Gasteiger partial charge in [-0.2, -0.15) is 0 Å². The lowest BCUT2D eigenvalue weighted by Gasteiger charge is -2.26. The molecule has 0 radical (unpaired) electrons. The van der Waals surface area contributed by atoms with Crippen LogP contribution in [0, 0.1) is 0 Å². The van der Waals surface area contributed by atoms with E-state index in [0.29, 0.717) is 38.2 Å². The quantitative estimate of drug-likeness (QED) is 0.116. The van der Waals surface area contributed by atoms with Crippen LogP contribution in [0.25, 0.3) is 0 Å². The molecule has 0 saturated carbocycles. The highest BCUT2D eigenvalue weighted by Crippen LogP contribution is 2.04. The molecule has 2 amide bonds. The molecule has 1 saturated heterocycles.